The first-order valence-corrected chi connectivity index (χ1v) is 11.6. The number of para-hydroxylation sites is 2. The second kappa shape index (κ2) is 9.45. The van der Waals surface area contributed by atoms with Gasteiger partial charge < -0.3 is 19.3 Å². The van der Waals surface area contributed by atoms with Crippen LogP contribution in [0.4, 0.5) is 5.69 Å². The van der Waals surface area contributed by atoms with Crippen molar-refractivity contribution >= 4 is 23.2 Å². The quantitative estimate of drug-likeness (QED) is 0.575. The van der Waals surface area contributed by atoms with Crippen molar-refractivity contribution in [3.63, 3.8) is 0 Å². The molecule has 0 spiro atoms. The van der Waals surface area contributed by atoms with Crippen molar-refractivity contribution < 1.29 is 14.3 Å². The van der Waals surface area contributed by atoms with Gasteiger partial charge in [0.25, 0.3) is 5.91 Å². The lowest BCUT2D eigenvalue weighted by Crippen LogP contribution is -2.52. The molecule has 172 valence electrons. The summed E-state index contributed by atoms with van der Waals surface area (Å²) in [5, 5.41) is 5.31. The molecule has 2 aromatic carbocycles. The van der Waals surface area contributed by atoms with E-state index < -0.39 is 6.10 Å². The highest BCUT2D eigenvalue weighted by molar-refractivity contribution is 6.30. The predicted molar refractivity (Wildman–Crippen MR) is 127 cm³/mol. The van der Waals surface area contributed by atoms with Crippen LogP contribution in [0.15, 0.2) is 54.6 Å². The fourth-order valence-electron chi connectivity index (χ4n) is 4.39. The summed E-state index contributed by atoms with van der Waals surface area (Å²) >= 11 is 6.80. The molecule has 1 fully saturated rings. The van der Waals surface area contributed by atoms with Crippen molar-refractivity contribution in [2.45, 2.75) is 26.1 Å². The number of nitrogens with zero attached hydrogens (tertiary/aromatic N) is 4. The molecule has 0 radical (unpaired) electrons. The van der Waals surface area contributed by atoms with Crippen molar-refractivity contribution in [2.24, 2.45) is 0 Å². The van der Waals surface area contributed by atoms with Gasteiger partial charge in [0, 0.05) is 25.2 Å². The molecule has 1 aromatic heterocycles. The van der Waals surface area contributed by atoms with Gasteiger partial charge >= 0.3 is 0 Å². The number of carbonyl (C=O) groups is 1. The minimum absolute atomic E-state index is 0.000365. The first kappa shape index (κ1) is 21.8. The maximum absolute atomic E-state index is 13.2. The van der Waals surface area contributed by atoms with Gasteiger partial charge in [-0.1, -0.05) is 54.1 Å². The Labute approximate surface area is 198 Å². The largest absolute Gasteiger partial charge is 0.477 e. The Morgan fingerprint density at radius 1 is 1.06 bits per heavy atom. The lowest BCUT2D eigenvalue weighted by molar-refractivity contribution is -0.142. The van der Waals surface area contributed by atoms with E-state index in [-0.39, 0.29) is 5.91 Å². The topological polar surface area (TPSA) is 59.8 Å². The molecule has 0 aliphatic carbocycles. The van der Waals surface area contributed by atoms with Crippen molar-refractivity contribution in [3.05, 3.63) is 76.6 Å². The van der Waals surface area contributed by atoms with Crippen LogP contribution in [-0.4, -0.2) is 59.5 Å². The number of fused-ring (bicyclic) bond motifs is 1. The highest BCUT2D eigenvalue weighted by atomic mass is 35.5. The third-order valence-electron chi connectivity index (χ3n) is 6.17. The molecule has 5 rings (SSSR count). The molecule has 0 N–H and O–H groups in total. The van der Waals surface area contributed by atoms with Gasteiger partial charge in [-0.25, -0.2) is 4.68 Å². The second-order valence-electron chi connectivity index (χ2n) is 8.39. The van der Waals surface area contributed by atoms with Crippen molar-refractivity contribution in [3.8, 4) is 5.75 Å². The summed E-state index contributed by atoms with van der Waals surface area (Å²) < 4.78 is 13.4. The average molecular weight is 467 g/mol. The number of hydrogen-bond acceptors (Lipinski definition) is 5. The standard InChI is InChI=1S/C25H27ClN4O3/c1-18-20(24(26)30(27-18)15-19-7-3-2-4-8-19)16-29-17-23(25(31)28-11-13-32-14-12-28)33-22-10-6-5-9-21(22)29/h2-10,23H,11-17H2,1H3. The van der Waals surface area contributed by atoms with Crippen LogP contribution in [0, 0.1) is 6.92 Å². The lowest BCUT2D eigenvalue weighted by Gasteiger charge is -2.38. The number of aromatic nitrogens is 2. The molecule has 2 aliphatic heterocycles. The van der Waals surface area contributed by atoms with E-state index in [1.807, 2.05) is 59.0 Å². The monoisotopic (exact) mass is 466 g/mol. The third kappa shape index (κ3) is 4.56. The molecule has 2 aliphatic rings. The molecular formula is C25H27ClN4O3. The Bertz CT molecular complexity index is 1130. The van der Waals surface area contributed by atoms with Crippen LogP contribution in [0.3, 0.4) is 0 Å². The van der Waals surface area contributed by atoms with Gasteiger partial charge in [0.1, 0.15) is 10.9 Å². The number of amides is 1. The van der Waals surface area contributed by atoms with Crippen LogP contribution in [0.1, 0.15) is 16.8 Å². The summed E-state index contributed by atoms with van der Waals surface area (Å²) in [6, 6.07) is 18.0. The zero-order valence-electron chi connectivity index (χ0n) is 18.6. The molecule has 0 saturated carbocycles. The molecule has 1 saturated heterocycles. The number of benzene rings is 2. The van der Waals surface area contributed by atoms with Crippen LogP contribution in [-0.2, 0) is 22.6 Å². The smallest absolute Gasteiger partial charge is 0.265 e. The number of morpholine rings is 1. The molecule has 1 unspecified atom stereocenters. The van der Waals surface area contributed by atoms with Gasteiger partial charge in [-0.2, -0.15) is 5.10 Å². The van der Waals surface area contributed by atoms with E-state index in [4.69, 9.17) is 26.2 Å². The minimum Gasteiger partial charge on any atom is -0.477 e. The van der Waals surface area contributed by atoms with Crippen molar-refractivity contribution in [2.75, 3.05) is 37.7 Å². The average Bonchev–Trinajstić information content (AvgIpc) is 3.12. The lowest BCUT2D eigenvalue weighted by atomic mass is 10.1. The minimum atomic E-state index is -0.573. The molecule has 1 amide bonds. The van der Waals surface area contributed by atoms with Crippen LogP contribution in [0.5, 0.6) is 5.75 Å². The molecule has 1 atom stereocenters. The third-order valence-corrected chi connectivity index (χ3v) is 6.59. The summed E-state index contributed by atoms with van der Waals surface area (Å²) in [5.74, 6) is 0.709. The zero-order chi connectivity index (χ0) is 22.8. The van der Waals surface area contributed by atoms with E-state index in [1.165, 1.54) is 0 Å². The highest BCUT2D eigenvalue weighted by Gasteiger charge is 2.34. The molecule has 33 heavy (non-hydrogen) atoms. The number of carbonyl (C=O) groups excluding carboxylic acids is 1. The summed E-state index contributed by atoms with van der Waals surface area (Å²) in [6.45, 7) is 5.90. The van der Waals surface area contributed by atoms with E-state index in [2.05, 4.69) is 17.0 Å². The Morgan fingerprint density at radius 2 is 1.79 bits per heavy atom. The summed E-state index contributed by atoms with van der Waals surface area (Å²) in [5.41, 5.74) is 3.94. The summed E-state index contributed by atoms with van der Waals surface area (Å²) in [7, 11) is 0. The van der Waals surface area contributed by atoms with Gasteiger partial charge in [0.05, 0.1) is 37.7 Å². The number of halogens is 1. The number of rotatable bonds is 5. The number of hydrogen-bond donors (Lipinski definition) is 0. The number of anilines is 1. The van der Waals surface area contributed by atoms with Crippen LogP contribution in [0.2, 0.25) is 5.15 Å². The maximum atomic E-state index is 13.2. The Balaban J connectivity index is 1.39. The molecule has 3 aromatic rings. The first-order chi connectivity index (χ1) is 16.1. The maximum Gasteiger partial charge on any atom is 0.265 e. The predicted octanol–water partition coefficient (Wildman–Crippen LogP) is 3.52. The van der Waals surface area contributed by atoms with Gasteiger partial charge in [-0.3, -0.25) is 4.79 Å². The van der Waals surface area contributed by atoms with Gasteiger partial charge in [-0.15, -0.1) is 0 Å². The Kier molecular flexibility index (Phi) is 6.24. The van der Waals surface area contributed by atoms with E-state index in [9.17, 15) is 4.79 Å². The fraction of sp³-hybridized carbons (Fsp3) is 0.360. The normalized spacial score (nSPS) is 18.1. The van der Waals surface area contributed by atoms with Gasteiger partial charge in [-0.05, 0) is 24.6 Å². The zero-order valence-corrected chi connectivity index (χ0v) is 19.4. The number of aryl methyl sites for hydroxylation is 1. The molecular weight excluding hydrogens is 440 g/mol. The van der Waals surface area contributed by atoms with Gasteiger partial charge in [0.2, 0.25) is 0 Å². The van der Waals surface area contributed by atoms with Crippen LogP contribution >= 0.6 is 11.6 Å². The molecule has 3 heterocycles. The Morgan fingerprint density at radius 3 is 2.58 bits per heavy atom. The fourth-order valence-corrected chi connectivity index (χ4v) is 4.69. The highest BCUT2D eigenvalue weighted by Crippen LogP contribution is 2.36. The molecule has 7 nitrogen and oxygen atoms in total. The van der Waals surface area contributed by atoms with E-state index in [0.717, 1.165) is 22.5 Å². The first-order valence-electron chi connectivity index (χ1n) is 11.2. The van der Waals surface area contributed by atoms with Crippen molar-refractivity contribution in [1.29, 1.82) is 0 Å². The summed E-state index contributed by atoms with van der Waals surface area (Å²) in [6.07, 6.45) is -0.573. The van der Waals surface area contributed by atoms with E-state index in [1.54, 1.807) is 0 Å². The SMILES string of the molecule is Cc1nn(Cc2ccccc2)c(Cl)c1CN1CC(C(=O)N2CCOCC2)Oc2ccccc21. The Hall–Kier alpha value is -3.03. The van der Waals surface area contributed by atoms with Crippen LogP contribution < -0.4 is 9.64 Å². The molecule has 0 bridgehead atoms. The van der Waals surface area contributed by atoms with E-state index in [0.29, 0.717) is 56.8 Å². The van der Waals surface area contributed by atoms with E-state index >= 15 is 0 Å². The van der Waals surface area contributed by atoms with Crippen molar-refractivity contribution in [1.82, 2.24) is 14.7 Å². The number of ether oxygens (including phenoxy) is 2. The second-order valence-corrected chi connectivity index (χ2v) is 8.75. The van der Waals surface area contributed by atoms with Crippen LogP contribution in [0.25, 0.3) is 0 Å². The molecule has 8 heteroatoms. The summed E-state index contributed by atoms with van der Waals surface area (Å²) in [4.78, 5) is 17.2. The van der Waals surface area contributed by atoms with Gasteiger partial charge in [0.15, 0.2) is 6.10 Å².